The zero-order valence-electron chi connectivity index (χ0n) is 20.6. The van der Waals surface area contributed by atoms with Gasteiger partial charge in [0, 0.05) is 31.0 Å². The predicted octanol–water partition coefficient (Wildman–Crippen LogP) is 4.11. The van der Waals surface area contributed by atoms with E-state index in [1.807, 2.05) is 18.2 Å². The Morgan fingerprint density at radius 2 is 1.94 bits per heavy atom. The molecule has 9 nitrogen and oxygen atoms in total. The monoisotopic (exact) mass is 491 g/mol. The molecule has 1 saturated heterocycles. The van der Waals surface area contributed by atoms with E-state index in [2.05, 4.69) is 12.2 Å². The number of anilines is 1. The summed E-state index contributed by atoms with van der Waals surface area (Å²) >= 11 is 0. The normalized spacial score (nSPS) is 15.7. The molecule has 9 heteroatoms. The summed E-state index contributed by atoms with van der Waals surface area (Å²) in [5.74, 6) is 1.37. The number of rotatable bonds is 16. The van der Waals surface area contributed by atoms with Crippen molar-refractivity contribution in [2.24, 2.45) is 0 Å². The van der Waals surface area contributed by atoms with Crippen molar-refractivity contribution in [3.05, 3.63) is 46.5 Å². The highest BCUT2D eigenvalue weighted by Crippen LogP contribution is 2.24. The molecule has 1 aliphatic rings. The molecule has 0 saturated carbocycles. The van der Waals surface area contributed by atoms with Crippen molar-refractivity contribution in [3.63, 3.8) is 0 Å². The minimum Gasteiger partial charge on any atom is -0.487 e. The molecule has 0 bridgehead atoms. The molecule has 194 valence electrons. The van der Waals surface area contributed by atoms with Crippen LogP contribution in [-0.4, -0.2) is 37.9 Å². The van der Waals surface area contributed by atoms with Crippen LogP contribution in [0.4, 0.5) is 11.4 Å². The summed E-state index contributed by atoms with van der Waals surface area (Å²) in [4.78, 5) is 12.3. The number of nitrogens with two attached hydrogens (primary N) is 1. The minimum atomic E-state index is -0.224. The number of hydrogen-bond donors (Lipinski definition) is 3. The van der Waals surface area contributed by atoms with Crippen molar-refractivity contribution in [2.45, 2.75) is 71.2 Å². The maximum Gasteiger partial charge on any atom is 0.227 e. The number of nitrogens with one attached hydrogen (secondary N) is 1. The van der Waals surface area contributed by atoms with Crippen LogP contribution < -0.4 is 25.7 Å². The molecule has 1 unspecified atom stereocenters. The summed E-state index contributed by atoms with van der Waals surface area (Å²) in [5.41, 5.74) is 2.46. The largest absolute Gasteiger partial charge is 0.487 e. The summed E-state index contributed by atoms with van der Waals surface area (Å²) in [7, 11) is 0. The van der Waals surface area contributed by atoms with Crippen LogP contribution in [0, 0.1) is 0 Å². The second-order valence-corrected chi connectivity index (χ2v) is 8.60. The average Bonchev–Trinajstić information content (AvgIpc) is 2.89. The highest BCUT2D eigenvalue weighted by atomic mass is 16.7. The molecule has 2 heterocycles. The van der Waals surface area contributed by atoms with Crippen LogP contribution in [0.3, 0.4) is 0 Å². The van der Waals surface area contributed by atoms with E-state index >= 15 is 0 Å². The molecule has 1 aromatic heterocycles. The first-order valence-electron chi connectivity index (χ1n) is 12.7. The van der Waals surface area contributed by atoms with E-state index in [9.17, 15) is 10.0 Å². The summed E-state index contributed by atoms with van der Waals surface area (Å²) in [6.07, 6.45) is 8.91. The van der Waals surface area contributed by atoms with Crippen LogP contribution in [0.25, 0.3) is 0 Å². The van der Waals surface area contributed by atoms with Gasteiger partial charge in [0.1, 0.15) is 18.6 Å². The first kappa shape index (κ1) is 27.0. The van der Waals surface area contributed by atoms with Crippen LogP contribution in [0.15, 0.2) is 39.7 Å². The Labute approximate surface area is 206 Å². The molecule has 0 amide bonds. The van der Waals surface area contributed by atoms with Crippen molar-refractivity contribution in [3.8, 4) is 11.5 Å². The molecule has 0 aliphatic carbocycles. The highest BCUT2D eigenvalue weighted by Gasteiger charge is 2.15. The van der Waals surface area contributed by atoms with Crippen LogP contribution in [0.2, 0.25) is 0 Å². The minimum absolute atomic E-state index is 0.208. The lowest BCUT2D eigenvalue weighted by Crippen LogP contribution is -2.73. The summed E-state index contributed by atoms with van der Waals surface area (Å²) in [6.45, 7) is 4.91. The standard InChI is InChI=1S/C26H38N2O7/c1-2-3-13-31-24-11-10-20(16-22(24)28-30)27-12-6-4-7-14-32-25-19-34-21(17-23(25)29)18-35-26-9-5-8-15-33-26/h10-11,16-17,19,26-28,30H,2-9,12-15,18H2,1H3/p+1. The number of ether oxygens (including phenoxy) is 4. The molecule has 1 aliphatic heterocycles. The number of quaternary nitrogens is 1. The molecule has 1 aromatic carbocycles. The molecule has 3 rings (SSSR count). The second-order valence-electron chi connectivity index (χ2n) is 8.60. The van der Waals surface area contributed by atoms with Gasteiger partial charge >= 0.3 is 0 Å². The molecule has 4 N–H and O–H groups in total. The van der Waals surface area contributed by atoms with Gasteiger partial charge in [-0.25, -0.2) is 5.21 Å². The molecule has 35 heavy (non-hydrogen) atoms. The Morgan fingerprint density at radius 1 is 1.09 bits per heavy atom. The van der Waals surface area contributed by atoms with Crippen LogP contribution in [0.5, 0.6) is 11.5 Å². The van der Waals surface area contributed by atoms with Gasteiger partial charge in [-0.3, -0.25) is 4.79 Å². The summed E-state index contributed by atoms with van der Waals surface area (Å²) in [6, 6.07) is 7.12. The zero-order chi connectivity index (χ0) is 24.7. The van der Waals surface area contributed by atoms with Gasteiger partial charge in [0.2, 0.25) is 16.9 Å². The van der Waals surface area contributed by atoms with E-state index in [-0.39, 0.29) is 24.1 Å². The molecule has 1 fully saturated rings. The quantitative estimate of drug-likeness (QED) is 0.183. The van der Waals surface area contributed by atoms with E-state index in [4.69, 9.17) is 23.4 Å². The third kappa shape index (κ3) is 9.52. The predicted molar refractivity (Wildman–Crippen MR) is 131 cm³/mol. The Morgan fingerprint density at radius 3 is 2.71 bits per heavy atom. The molecular weight excluding hydrogens is 452 g/mol. The Hall–Kier alpha value is -2.59. The SMILES string of the molecule is CCCCOc1ccc(NCCCCCOc2coc(COC3CCCCO3)cc2=O)cc1[NH2+]O. The van der Waals surface area contributed by atoms with E-state index in [0.717, 1.165) is 69.1 Å². The summed E-state index contributed by atoms with van der Waals surface area (Å²) < 4.78 is 28.0. The average molecular weight is 492 g/mol. The number of unbranched alkanes of at least 4 members (excludes halogenated alkanes) is 3. The lowest BCUT2D eigenvalue weighted by molar-refractivity contribution is -0.825. The first-order valence-corrected chi connectivity index (χ1v) is 12.7. The van der Waals surface area contributed by atoms with E-state index in [0.29, 0.717) is 37.0 Å². The highest BCUT2D eigenvalue weighted by molar-refractivity contribution is 5.57. The Balaban J connectivity index is 1.29. The van der Waals surface area contributed by atoms with Crippen molar-refractivity contribution >= 4 is 11.4 Å². The number of hydrogen-bond acceptors (Lipinski definition) is 8. The van der Waals surface area contributed by atoms with Gasteiger partial charge in [0.15, 0.2) is 12.0 Å². The van der Waals surface area contributed by atoms with Gasteiger partial charge in [-0.15, -0.1) is 0 Å². The summed E-state index contributed by atoms with van der Waals surface area (Å²) in [5, 5.41) is 12.9. The topological polar surface area (TPSA) is 116 Å². The van der Waals surface area contributed by atoms with Crippen LogP contribution in [-0.2, 0) is 16.1 Å². The van der Waals surface area contributed by atoms with Crippen LogP contribution in [0.1, 0.15) is 64.1 Å². The van der Waals surface area contributed by atoms with E-state index in [1.165, 1.54) is 12.3 Å². The van der Waals surface area contributed by atoms with Crippen molar-refractivity contribution in [1.82, 2.24) is 0 Å². The second kappa shape index (κ2) is 15.4. The molecule has 2 aromatic rings. The van der Waals surface area contributed by atoms with Gasteiger partial charge in [0.25, 0.3) is 0 Å². The fourth-order valence-corrected chi connectivity index (χ4v) is 3.67. The van der Waals surface area contributed by atoms with Gasteiger partial charge in [-0.2, -0.15) is 5.48 Å². The van der Waals surface area contributed by atoms with Gasteiger partial charge < -0.3 is 28.7 Å². The third-order valence-corrected chi connectivity index (χ3v) is 5.71. The van der Waals surface area contributed by atoms with Crippen LogP contribution >= 0.6 is 0 Å². The molecule has 1 atom stereocenters. The first-order chi connectivity index (χ1) is 17.2. The van der Waals surface area contributed by atoms with Gasteiger partial charge in [0.05, 0.1) is 13.2 Å². The lowest BCUT2D eigenvalue weighted by atomic mass is 10.2. The smallest absolute Gasteiger partial charge is 0.227 e. The van der Waals surface area contributed by atoms with E-state index < -0.39 is 0 Å². The molecule has 0 radical (unpaired) electrons. The molecular formula is C26H39N2O7+. The third-order valence-electron chi connectivity index (χ3n) is 5.71. The molecule has 0 spiro atoms. The zero-order valence-corrected chi connectivity index (χ0v) is 20.6. The Bertz CT molecular complexity index is 928. The lowest BCUT2D eigenvalue weighted by Gasteiger charge is -2.22. The van der Waals surface area contributed by atoms with Gasteiger partial charge in [-0.1, -0.05) is 13.3 Å². The van der Waals surface area contributed by atoms with Crippen molar-refractivity contribution in [2.75, 3.05) is 31.7 Å². The maximum absolute atomic E-state index is 12.3. The fourth-order valence-electron chi connectivity index (χ4n) is 3.67. The Kier molecular flexibility index (Phi) is 11.9. The van der Waals surface area contributed by atoms with E-state index in [1.54, 1.807) is 0 Å². The maximum atomic E-state index is 12.3. The van der Waals surface area contributed by atoms with Crippen molar-refractivity contribution < 1.29 is 34.1 Å². The van der Waals surface area contributed by atoms with Gasteiger partial charge in [-0.05, 0) is 57.1 Å². The van der Waals surface area contributed by atoms with Crippen molar-refractivity contribution in [1.29, 1.82) is 0 Å². The fraction of sp³-hybridized carbons (Fsp3) is 0.577. The number of benzene rings is 1.